The molecule has 84 valence electrons. The summed E-state index contributed by atoms with van der Waals surface area (Å²) in [5.41, 5.74) is 0.0224. The van der Waals surface area contributed by atoms with Crippen molar-refractivity contribution >= 4 is 0 Å². The number of hydrogen-bond donors (Lipinski definition) is 1. The van der Waals surface area contributed by atoms with Crippen LogP contribution in [0.2, 0.25) is 0 Å². The molecule has 1 aromatic heterocycles. The highest BCUT2D eigenvalue weighted by molar-refractivity contribution is 4.95. The molecule has 0 aromatic carbocycles. The molecule has 2 unspecified atom stereocenters. The van der Waals surface area contributed by atoms with Gasteiger partial charge in [0.25, 0.3) is 0 Å². The third-order valence-corrected chi connectivity index (χ3v) is 3.11. The molecule has 15 heavy (non-hydrogen) atoms. The Morgan fingerprint density at radius 1 is 1.60 bits per heavy atom. The largest absolute Gasteiger partial charge is 0.377 e. The number of nitrogens with one attached hydrogen (secondary N) is 1. The van der Waals surface area contributed by atoms with E-state index in [1.807, 2.05) is 0 Å². The molecule has 0 amide bonds. The van der Waals surface area contributed by atoms with Crippen LogP contribution in [0.4, 0.5) is 0 Å². The van der Waals surface area contributed by atoms with Gasteiger partial charge in [-0.05, 0) is 20.3 Å². The summed E-state index contributed by atoms with van der Waals surface area (Å²) >= 11 is 0. The standard InChI is InChI=1S/C10H17N3O2/c1-7-10(3,4-5-14-7)11-6-9-12-8(2)15-13-9/h7,11H,4-6H2,1-3H3. The van der Waals surface area contributed by atoms with Crippen LogP contribution in [0.25, 0.3) is 0 Å². The highest BCUT2D eigenvalue weighted by atomic mass is 16.5. The lowest BCUT2D eigenvalue weighted by Crippen LogP contribution is -2.47. The summed E-state index contributed by atoms with van der Waals surface area (Å²) in [6.07, 6.45) is 1.25. The fourth-order valence-corrected chi connectivity index (χ4v) is 1.76. The van der Waals surface area contributed by atoms with E-state index < -0.39 is 0 Å². The maximum Gasteiger partial charge on any atom is 0.223 e. The van der Waals surface area contributed by atoms with E-state index >= 15 is 0 Å². The quantitative estimate of drug-likeness (QED) is 0.809. The summed E-state index contributed by atoms with van der Waals surface area (Å²) in [4.78, 5) is 4.15. The Morgan fingerprint density at radius 3 is 2.93 bits per heavy atom. The molecule has 1 N–H and O–H groups in total. The summed E-state index contributed by atoms with van der Waals surface area (Å²) in [7, 11) is 0. The predicted molar refractivity (Wildman–Crippen MR) is 54.3 cm³/mol. The topological polar surface area (TPSA) is 60.2 Å². The smallest absolute Gasteiger partial charge is 0.223 e. The summed E-state index contributed by atoms with van der Waals surface area (Å²) < 4.78 is 10.4. The molecule has 2 atom stereocenters. The molecule has 2 rings (SSSR count). The lowest BCUT2D eigenvalue weighted by molar-refractivity contribution is 0.0878. The molecule has 0 spiro atoms. The minimum absolute atomic E-state index is 0.0224. The SMILES string of the molecule is Cc1nc(CNC2(C)CCOC2C)no1. The van der Waals surface area contributed by atoms with Crippen molar-refractivity contribution < 1.29 is 9.26 Å². The van der Waals surface area contributed by atoms with Gasteiger partial charge in [-0.2, -0.15) is 4.98 Å². The van der Waals surface area contributed by atoms with E-state index in [0.29, 0.717) is 18.3 Å². The highest BCUT2D eigenvalue weighted by Gasteiger charge is 2.36. The Bertz CT molecular complexity index is 339. The second kappa shape index (κ2) is 3.90. The van der Waals surface area contributed by atoms with Gasteiger partial charge < -0.3 is 14.6 Å². The molecule has 5 nitrogen and oxygen atoms in total. The van der Waals surface area contributed by atoms with Gasteiger partial charge >= 0.3 is 0 Å². The molecule has 2 heterocycles. The molecule has 1 saturated heterocycles. The zero-order chi connectivity index (χ0) is 10.9. The second-order valence-electron chi connectivity index (χ2n) is 4.26. The van der Waals surface area contributed by atoms with Gasteiger partial charge in [-0.25, -0.2) is 0 Å². The van der Waals surface area contributed by atoms with Crippen molar-refractivity contribution in [3.8, 4) is 0 Å². The van der Waals surface area contributed by atoms with E-state index in [1.165, 1.54) is 0 Å². The molecular formula is C10H17N3O2. The van der Waals surface area contributed by atoms with E-state index in [-0.39, 0.29) is 11.6 Å². The molecule has 0 saturated carbocycles. The van der Waals surface area contributed by atoms with Crippen LogP contribution >= 0.6 is 0 Å². The number of aromatic nitrogens is 2. The van der Waals surface area contributed by atoms with Gasteiger partial charge in [-0.3, -0.25) is 0 Å². The van der Waals surface area contributed by atoms with Crippen LogP contribution in [0, 0.1) is 6.92 Å². The first-order valence-electron chi connectivity index (χ1n) is 5.26. The van der Waals surface area contributed by atoms with Gasteiger partial charge in [-0.15, -0.1) is 0 Å². The van der Waals surface area contributed by atoms with Crippen LogP contribution < -0.4 is 5.32 Å². The number of hydrogen-bond acceptors (Lipinski definition) is 5. The Balaban J connectivity index is 1.92. The van der Waals surface area contributed by atoms with Crippen molar-refractivity contribution in [1.29, 1.82) is 0 Å². The van der Waals surface area contributed by atoms with Gasteiger partial charge in [-0.1, -0.05) is 5.16 Å². The minimum atomic E-state index is 0.0224. The third-order valence-electron chi connectivity index (χ3n) is 3.11. The van der Waals surface area contributed by atoms with Crippen molar-refractivity contribution in [2.75, 3.05) is 6.61 Å². The summed E-state index contributed by atoms with van der Waals surface area (Å²) in [6, 6.07) is 0. The summed E-state index contributed by atoms with van der Waals surface area (Å²) in [6.45, 7) is 7.48. The lowest BCUT2D eigenvalue weighted by atomic mass is 9.95. The Morgan fingerprint density at radius 2 is 2.40 bits per heavy atom. The van der Waals surface area contributed by atoms with Crippen LogP contribution in [0.15, 0.2) is 4.52 Å². The molecule has 1 aliphatic rings. The Hall–Kier alpha value is -0.940. The van der Waals surface area contributed by atoms with Crippen molar-refractivity contribution in [3.63, 3.8) is 0 Å². The lowest BCUT2D eigenvalue weighted by Gasteiger charge is -2.28. The predicted octanol–water partition coefficient (Wildman–Crippen LogP) is 1.04. The number of nitrogens with zero attached hydrogens (tertiary/aromatic N) is 2. The first-order valence-corrected chi connectivity index (χ1v) is 5.26. The van der Waals surface area contributed by atoms with Crippen LogP contribution in [0.5, 0.6) is 0 Å². The average molecular weight is 211 g/mol. The zero-order valence-electron chi connectivity index (χ0n) is 9.41. The molecule has 0 bridgehead atoms. The fourth-order valence-electron chi connectivity index (χ4n) is 1.76. The molecule has 5 heteroatoms. The third kappa shape index (κ3) is 2.18. The van der Waals surface area contributed by atoms with Crippen molar-refractivity contribution in [2.45, 2.75) is 45.4 Å². The van der Waals surface area contributed by atoms with E-state index in [0.717, 1.165) is 13.0 Å². The number of ether oxygens (including phenoxy) is 1. The molecule has 1 aromatic rings. The second-order valence-corrected chi connectivity index (χ2v) is 4.26. The minimum Gasteiger partial charge on any atom is -0.377 e. The molecular weight excluding hydrogens is 194 g/mol. The number of aryl methyl sites for hydroxylation is 1. The Kier molecular flexibility index (Phi) is 2.75. The summed E-state index contributed by atoms with van der Waals surface area (Å²) in [5, 5.41) is 7.27. The molecule has 1 aliphatic heterocycles. The number of rotatable bonds is 3. The normalized spacial score (nSPS) is 31.0. The van der Waals surface area contributed by atoms with E-state index in [9.17, 15) is 0 Å². The van der Waals surface area contributed by atoms with Crippen LogP contribution in [-0.4, -0.2) is 28.4 Å². The fraction of sp³-hybridized carbons (Fsp3) is 0.800. The maximum atomic E-state index is 5.54. The Labute approximate surface area is 89.2 Å². The van der Waals surface area contributed by atoms with Crippen LogP contribution in [0.1, 0.15) is 32.0 Å². The van der Waals surface area contributed by atoms with Crippen LogP contribution in [0.3, 0.4) is 0 Å². The van der Waals surface area contributed by atoms with Crippen molar-refractivity contribution in [3.05, 3.63) is 11.7 Å². The van der Waals surface area contributed by atoms with E-state index in [1.54, 1.807) is 6.92 Å². The first-order chi connectivity index (χ1) is 7.10. The van der Waals surface area contributed by atoms with Gasteiger partial charge in [0, 0.05) is 19.1 Å². The summed E-state index contributed by atoms with van der Waals surface area (Å²) in [5.74, 6) is 1.31. The monoisotopic (exact) mass is 211 g/mol. The van der Waals surface area contributed by atoms with Gasteiger partial charge in [0.05, 0.1) is 12.6 Å². The zero-order valence-corrected chi connectivity index (χ0v) is 9.41. The van der Waals surface area contributed by atoms with Gasteiger partial charge in [0.1, 0.15) is 0 Å². The van der Waals surface area contributed by atoms with Gasteiger partial charge in [0.2, 0.25) is 5.89 Å². The molecule has 0 radical (unpaired) electrons. The van der Waals surface area contributed by atoms with Gasteiger partial charge in [0.15, 0.2) is 5.82 Å². The van der Waals surface area contributed by atoms with E-state index in [2.05, 4.69) is 29.3 Å². The highest BCUT2D eigenvalue weighted by Crippen LogP contribution is 2.25. The van der Waals surface area contributed by atoms with Crippen LogP contribution in [-0.2, 0) is 11.3 Å². The van der Waals surface area contributed by atoms with E-state index in [4.69, 9.17) is 9.26 Å². The maximum absolute atomic E-state index is 5.54. The molecule has 0 aliphatic carbocycles. The first kappa shape index (κ1) is 10.6. The van der Waals surface area contributed by atoms with Crippen molar-refractivity contribution in [2.24, 2.45) is 0 Å². The molecule has 1 fully saturated rings. The van der Waals surface area contributed by atoms with Crippen molar-refractivity contribution in [1.82, 2.24) is 15.5 Å². The average Bonchev–Trinajstić information content (AvgIpc) is 2.73.